The minimum Gasteiger partial charge on any atom is -0.393 e. The Morgan fingerprint density at radius 2 is 1.38 bits per heavy atom. The Hall–Kier alpha value is -4.43. The highest BCUT2D eigenvalue weighted by atomic mass is 16.1. The fourth-order valence-corrected chi connectivity index (χ4v) is 4.79. The van der Waals surface area contributed by atoms with Crippen LogP contribution in [0.2, 0.25) is 0 Å². The van der Waals surface area contributed by atoms with Gasteiger partial charge in [-0.15, -0.1) is 0 Å². The maximum absolute atomic E-state index is 11.3. The van der Waals surface area contributed by atoms with E-state index in [4.69, 9.17) is 5.73 Å². The van der Waals surface area contributed by atoms with Crippen molar-refractivity contribution in [2.75, 3.05) is 47.4 Å². The zero-order valence-electron chi connectivity index (χ0n) is 20.8. The zero-order valence-corrected chi connectivity index (χ0v) is 20.8. The monoisotopic (exact) mass is 493 g/mol. The number of nitrogens with zero attached hydrogens (tertiary/aromatic N) is 4. The molecule has 3 aromatic carbocycles. The summed E-state index contributed by atoms with van der Waals surface area (Å²) >= 11 is 0. The lowest BCUT2D eigenvalue weighted by atomic mass is 9.96. The highest BCUT2D eigenvalue weighted by molar-refractivity contribution is 5.89. The highest BCUT2D eigenvalue weighted by Crippen LogP contribution is 2.33. The van der Waals surface area contributed by atoms with Gasteiger partial charge in [0.15, 0.2) is 11.6 Å². The van der Waals surface area contributed by atoms with Gasteiger partial charge in [-0.3, -0.25) is 9.69 Å². The first-order valence-corrected chi connectivity index (χ1v) is 12.4. The largest absolute Gasteiger partial charge is 0.393 e. The van der Waals surface area contributed by atoms with E-state index in [0.717, 1.165) is 43.4 Å². The molecule has 1 aromatic heterocycles. The minimum atomic E-state index is -0.107. The number of amides is 1. The van der Waals surface area contributed by atoms with Gasteiger partial charge in [0.2, 0.25) is 5.91 Å². The van der Waals surface area contributed by atoms with Gasteiger partial charge in [-0.05, 0) is 35.4 Å². The SMILES string of the molecule is CC(=O)Nc1ccc(Nc2ncnc(N3CCN(C(c4ccccc4)c4ccccc4)CC3)c2N)cc1. The van der Waals surface area contributed by atoms with E-state index in [1.54, 1.807) is 6.33 Å². The summed E-state index contributed by atoms with van der Waals surface area (Å²) < 4.78 is 0. The van der Waals surface area contributed by atoms with Crippen LogP contribution < -0.4 is 21.3 Å². The molecule has 1 amide bonds. The van der Waals surface area contributed by atoms with Crippen LogP contribution in [0, 0.1) is 0 Å². The van der Waals surface area contributed by atoms with Crippen LogP contribution in [0.25, 0.3) is 0 Å². The molecule has 8 heteroatoms. The molecule has 0 saturated carbocycles. The van der Waals surface area contributed by atoms with Crippen molar-refractivity contribution in [3.63, 3.8) is 0 Å². The molecule has 0 aliphatic carbocycles. The van der Waals surface area contributed by atoms with Gasteiger partial charge in [-0.2, -0.15) is 0 Å². The molecule has 8 nitrogen and oxygen atoms in total. The zero-order chi connectivity index (χ0) is 25.6. The molecule has 0 bridgehead atoms. The van der Waals surface area contributed by atoms with Crippen molar-refractivity contribution in [3.05, 3.63) is 102 Å². The van der Waals surface area contributed by atoms with Crippen molar-refractivity contribution in [2.24, 2.45) is 0 Å². The van der Waals surface area contributed by atoms with Gasteiger partial charge in [-0.1, -0.05) is 60.7 Å². The summed E-state index contributed by atoms with van der Waals surface area (Å²) in [7, 11) is 0. The summed E-state index contributed by atoms with van der Waals surface area (Å²) in [6.45, 7) is 4.86. The number of carbonyl (C=O) groups excluding carboxylic acids is 1. The van der Waals surface area contributed by atoms with Gasteiger partial charge in [-0.25, -0.2) is 9.97 Å². The van der Waals surface area contributed by atoms with Gasteiger partial charge < -0.3 is 21.3 Å². The molecule has 0 unspecified atom stereocenters. The number of nitrogen functional groups attached to an aromatic ring is 1. The highest BCUT2D eigenvalue weighted by Gasteiger charge is 2.28. The van der Waals surface area contributed by atoms with Gasteiger partial charge >= 0.3 is 0 Å². The quantitative estimate of drug-likeness (QED) is 0.344. The predicted molar refractivity (Wildman–Crippen MR) is 149 cm³/mol. The number of anilines is 5. The third kappa shape index (κ3) is 5.70. The normalized spacial score (nSPS) is 13.9. The van der Waals surface area contributed by atoms with E-state index in [-0.39, 0.29) is 11.9 Å². The summed E-state index contributed by atoms with van der Waals surface area (Å²) in [5.74, 6) is 1.19. The molecule has 1 aliphatic heterocycles. The molecule has 1 aliphatic rings. The first-order chi connectivity index (χ1) is 18.1. The molecule has 5 rings (SSSR count). The number of carbonyl (C=O) groups is 1. The summed E-state index contributed by atoms with van der Waals surface area (Å²) in [6, 6.07) is 28.9. The van der Waals surface area contributed by atoms with Crippen molar-refractivity contribution in [3.8, 4) is 0 Å². The summed E-state index contributed by atoms with van der Waals surface area (Å²) in [6.07, 6.45) is 1.54. The molecule has 1 fully saturated rings. The number of piperazine rings is 1. The fraction of sp³-hybridized carbons (Fsp3) is 0.207. The van der Waals surface area contributed by atoms with Gasteiger partial charge in [0, 0.05) is 44.5 Å². The molecule has 0 radical (unpaired) electrons. The van der Waals surface area contributed by atoms with Crippen molar-refractivity contribution in [1.29, 1.82) is 0 Å². The maximum atomic E-state index is 11.3. The van der Waals surface area contributed by atoms with Gasteiger partial charge in [0.05, 0.1) is 6.04 Å². The Morgan fingerprint density at radius 1 is 0.811 bits per heavy atom. The van der Waals surface area contributed by atoms with Crippen LogP contribution in [0.3, 0.4) is 0 Å². The Labute approximate surface area is 217 Å². The molecule has 4 N–H and O–H groups in total. The number of nitrogens with two attached hydrogens (primary N) is 1. The van der Waals surface area contributed by atoms with Crippen molar-refractivity contribution in [2.45, 2.75) is 13.0 Å². The van der Waals surface area contributed by atoms with Crippen LogP contribution in [-0.4, -0.2) is 47.0 Å². The van der Waals surface area contributed by atoms with Gasteiger partial charge in [0.1, 0.15) is 12.0 Å². The predicted octanol–water partition coefficient (Wildman–Crippen LogP) is 4.67. The summed E-state index contributed by atoms with van der Waals surface area (Å²) in [4.78, 5) is 24.9. The Kier molecular flexibility index (Phi) is 7.28. The lowest BCUT2D eigenvalue weighted by Gasteiger charge is -2.40. The topological polar surface area (TPSA) is 99.4 Å². The third-order valence-corrected chi connectivity index (χ3v) is 6.54. The standard InChI is InChI=1S/C29H31N7O/c1-21(37)33-24-12-14-25(15-13-24)34-28-26(30)29(32-20-31-28)36-18-16-35(17-19-36)27(22-8-4-2-5-9-22)23-10-6-3-7-11-23/h2-15,20,27H,16-19,30H2,1H3,(H,33,37)(H,31,32,34). The van der Waals surface area contributed by atoms with Crippen LogP contribution >= 0.6 is 0 Å². The second-order valence-electron chi connectivity index (χ2n) is 9.09. The number of hydrogen-bond donors (Lipinski definition) is 3. The van der Waals surface area contributed by atoms with E-state index in [9.17, 15) is 4.79 Å². The first-order valence-electron chi connectivity index (χ1n) is 12.4. The van der Waals surface area contributed by atoms with Gasteiger partial charge in [0.25, 0.3) is 0 Å². The molecular weight excluding hydrogens is 462 g/mol. The van der Waals surface area contributed by atoms with Crippen LogP contribution in [0.15, 0.2) is 91.3 Å². The van der Waals surface area contributed by atoms with E-state index in [0.29, 0.717) is 11.5 Å². The lowest BCUT2D eigenvalue weighted by molar-refractivity contribution is -0.114. The van der Waals surface area contributed by atoms with E-state index >= 15 is 0 Å². The number of benzene rings is 3. The second kappa shape index (κ2) is 11.1. The van der Waals surface area contributed by atoms with Crippen molar-refractivity contribution >= 4 is 34.6 Å². The van der Waals surface area contributed by atoms with E-state index in [2.05, 4.69) is 91.1 Å². The van der Waals surface area contributed by atoms with Crippen molar-refractivity contribution in [1.82, 2.24) is 14.9 Å². The Balaban J connectivity index is 1.29. The van der Waals surface area contributed by atoms with Crippen LogP contribution in [0.1, 0.15) is 24.1 Å². The van der Waals surface area contributed by atoms with E-state index < -0.39 is 0 Å². The fourth-order valence-electron chi connectivity index (χ4n) is 4.79. The molecule has 1 saturated heterocycles. The average Bonchev–Trinajstić information content (AvgIpc) is 2.93. The number of rotatable bonds is 7. The third-order valence-electron chi connectivity index (χ3n) is 6.54. The molecule has 37 heavy (non-hydrogen) atoms. The molecular formula is C29H31N7O. The molecule has 0 spiro atoms. The first kappa shape index (κ1) is 24.3. The van der Waals surface area contributed by atoms with E-state index in [1.807, 2.05) is 24.3 Å². The van der Waals surface area contributed by atoms with Crippen LogP contribution in [-0.2, 0) is 4.79 Å². The maximum Gasteiger partial charge on any atom is 0.221 e. The van der Waals surface area contributed by atoms with E-state index in [1.165, 1.54) is 18.1 Å². The molecule has 0 atom stereocenters. The molecule has 4 aromatic rings. The minimum absolute atomic E-state index is 0.107. The van der Waals surface area contributed by atoms with Crippen LogP contribution in [0.5, 0.6) is 0 Å². The average molecular weight is 494 g/mol. The number of nitrogens with one attached hydrogen (secondary N) is 2. The van der Waals surface area contributed by atoms with Crippen molar-refractivity contribution < 1.29 is 4.79 Å². The Morgan fingerprint density at radius 3 is 1.95 bits per heavy atom. The second-order valence-corrected chi connectivity index (χ2v) is 9.09. The lowest BCUT2D eigenvalue weighted by Crippen LogP contribution is -2.48. The van der Waals surface area contributed by atoms with Crippen LogP contribution in [0.4, 0.5) is 28.7 Å². The molecule has 2 heterocycles. The summed E-state index contributed by atoms with van der Waals surface area (Å²) in [5, 5.41) is 6.04. The molecule has 188 valence electrons. The number of aromatic nitrogens is 2. The summed E-state index contributed by atoms with van der Waals surface area (Å²) in [5.41, 5.74) is 11.2. The smallest absolute Gasteiger partial charge is 0.221 e. The number of hydrogen-bond acceptors (Lipinski definition) is 7. The Bertz CT molecular complexity index is 1280.